The molecule has 4 aliphatic carbocycles. The summed E-state index contributed by atoms with van der Waals surface area (Å²) in [7, 11) is 1.08. The molecule has 0 radical (unpaired) electrons. The first-order valence-corrected chi connectivity index (χ1v) is 16.7. The van der Waals surface area contributed by atoms with Gasteiger partial charge in [0.25, 0.3) is 0 Å². The van der Waals surface area contributed by atoms with Crippen molar-refractivity contribution in [3.8, 4) is 0 Å². The van der Waals surface area contributed by atoms with E-state index in [0.29, 0.717) is 12.0 Å². The molecule has 1 saturated heterocycles. The lowest BCUT2D eigenvalue weighted by Gasteiger charge is -2.62. The molecule has 0 N–H and O–H groups in total. The highest BCUT2D eigenvalue weighted by atomic mass is 16.6. The Hall–Kier alpha value is -4.62. The van der Waals surface area contributed by atoms with Gasteiger partial charge in [-0.1, -0.05) is 25.1 Å². The molecule has 14 nitrogen and oxygen atoms in total. The molecule has 0 unspecified atom stereocenters. The van der Waals surface area contributed by atoms with Crippen molar-refractivity contribution in [2.24, 2.45) is 45.8 Å². The van der Waals surface area contributed by atoms with E-state index in [9.17, 15) is 38.4 Å². The van der Waals surface area contributed by atoms with Gasteiger partial charge in [-0.15, -0.1) is 0 Å². The minimum Gasteiger partial charge on any atom is -0.468 e. The summed E-state index contributed by atoms with van der Waals surface area (Å²) < 4.78 is 33.9. The van der Waals surface area contributed by atoms with Gasteiger partial charge in [-0.2, -0.15) is 0 Å². The number of benzene rings is 1. The van der Waals surface area contributed by atoms with Crippen LogP contribution in [0.4, 0.5) is 0 Å². The highest BCUT2D eigenvalue weighted by molar-refractivity contribution is 6.01. The molecule has 2 bridgehead atoms. The second-order valence-electron chi connectivity index (χ2n) is 14.4. The van der Waals surface area contributed by atoms with E-state index in [1.807, 2.05) is 0 Å². The first-order chi connectivity index (χ1) is 23.6. The number of fused-ring (bicyclic) bond motifs is 2. The fourth-order valence-corrected chi connectivity index (χ4v) is 10.2. The number of rotatable bonds is 8. The molecular weight excluding hydrogens is 656 g/mol. The lowest BCUT2D eigenvalue weighted by atomic mass is 9.39. The lowest BCUT2D eigenvalue weighted by Crippen LogP contribution is -2.74. The predicted octanol–water partition coefficient (Wildman–Crippen LogP) is 2.18. The molecule has 1 aromatic rings. The number of hydrogen-bond acceptors (Lipinski definition) is 14. The van der Waals surface area contributed by atoms with Gasteiger partial charge in [0.2, 0.25) is 0 Å². The maximum atomic E-state index is 14.9. The van der Waals surface area contributed by atoms with Crippen LogP contribution in [0.2, 0.25) is 0 Å². The third-order valence-electron chi connectivity index (χ3n) is 12.0. The third-order valence-corrected chi connectivity index (χ3v) is 12.0. The van der Waals surface area contributed by atoms with E-state index >= 15 is 0 Å². The van der Waals surface area contributed by atoms with Crippen molar-refractivity contribution in [2.75, 3.05) is 20.3 Å². The van der Waals surface area contributed by atoms with E-state index < -0.39 is 125 Å². The predicted molar refractivity (Wildman–Crippen MR) is 165 cm³/mol. The Labute approximate surface area is 287 Å². The van der Waals surface area contributed by atoms with Crippen LogP contribution in [0.15, 0.2) is 30.3 Å². The molecule has 1 heterocycles. The smallest absolute Gasteiger partial charge is 0.338 e. The first kappa shape index (κ1) is 35.2. The molecule has 0 aromatic heterocycles. The molecule has 6 rings (SSSR count). The monoisotopic (exact) mass is 696 g/mol. The molecule has 11 atom stereocenters. The van der Waals surface area contributed by atoms with Crippen molar-refractivity contribution in [1.29, 1.82) is 0 Å². The molecular formula is C36H40O14. The Morgan fingerprint density at radius 1 is 0.860 bits per heavy atom. The van der Waals surface area contributed by atoms with Gasteiger partial charge in [-0.25, -0.2) is 4.79 Å². The lowest BCUT2D eigenvalue weighted by molar-refractivity contribution is -0.249. The molecule has 1 aromatic carbocycles. The van der Waals surface area contributed by atoms with Crippen LogP contribution in [0.3, 0.4) is 0 Å². The van der Waals surface area contributed by atoms with Gasteiger partial charge in [-0.05, 0) is 25.0 Å². The molecule has 0 amide bonds. The van der Waals surface area contributed by atoms with E-state index in [1.54, 1.807) is 30.3 Å². The Kier molecular flexibility index (Phi) is 8.88. The summed E-state index contributed by atoms with van der Waals surface area (Å²) in [5.41, 5.74) is -5.12. The van der Waals surface area contributed by atoms with Crippen LogP contribution in [0.25, 0.3) is 0 Å². The van der Waals surface area contributed by atoms with Crippen LogP contribution in [0.1, 0.15) is 63.7 Å². The maximum Gasteiger partial charge on any atom is 0.338 e. The summed E-state index contributed by atoms with van der Waals surface area (Å²) in [5.74, 6) is -10.5. The number of carbonyl (C=O) groups is 8. The number of methoxy groups -OCH3 is 1. The van der Waals surface area contributed by atoms with Gasteiger partial charge in [0.05, 0.1) is 29.4 Å². The summed E-state index contributed by atoms with van der Waals surface area (Å²) in [6.45, 7) is 3.78. The van der Waals surface area contributed by atoms with Crippen molar-refractivity contribution in [3.05, 3.63) is 35.9 Å². The highest BCUT2D eigenvalue weighted by Gasteiger charge is 2.81. The number of carbonyl (C=O) groups excluding carboxylic acids is 8. The highest BCUT2D eigenvalue weighted by Crippen LogP contribution is 2.70. The zero-order valence-electron chi connectivity index (χ0n) is 28.5. The van der Waals surface area contributed by atoms with Crippen molar-refractivity contribution < 1.29 is 66.8 Å². The van der Waals surface area contributed by atoms with Crippen LogP contribution >= 0.6 is 0 Å². The van der Waals surface area contributed by atoms with Crippen molar-refractivity contribution in [1.82, 2.24) is 0 Å². The fraction of sp³-hybridized carbons (Fsp3) is 0.611. The average Bonchev–Trinajstić information content (AvgIpc) is 3.73. The largest absolute Gasteiger partial charge is 0.468 e. The zero-order chi connectivity index (χ0) is 36.3. The summed E-state index contributed by atoms with van der Waals surface area (Å²) in [6, 6.07) is 8.35. The van der Waals surface area contributed by atoms with E-state index in [1.165, 1.54) is 6.92 Å². The average molecular weight is 697 g/mol. The molecule has 5 aliphatic rings. The Balaban J connectivity index is 1.49. The standard InChI is InChI=1S/C36H40O14/c1-17(37)46-16-36(33(44)45-5)24-13-25(40)34(4,28-22-11-21(29(28)41)12-23(22)50-31(42)20-9-7-6-8-10-20)30-32(43)47-15-35(24,30)26(48-18(2)38)14-27(36)49-19(3)39/h6-10,21-24,26-28,30H,11-16H2,1-5H3/t21-,22+,23+,24+,26-,27+,28+,30-,34-,35+,36+/m0/s1. The van der Waals surface area contributed by atoms with Crippen LogP contribution in [-0.2, 0) is 62.0 Å². The van der Waals surface area contributed by atoms with Crippen molar-refractivity contribution in [3.63, 3.8) is 0 Å². The Bertz CT molecular complexity index is 1650. The number of ketones is 2. The molecule has 14 heteroatoms. The summed E-state index contributed by atoms with van der Waals surface area (Å²) in [5, 5.41) is 0. The normalized spacial score (nSPS) is 38.3. The SMILES string of the molecule is COC(=O)[C@@]1(COC(C)=O)[C@H](OC(C)=O)C[C@H](OC(C)=O)[C@]23COC(=O)[C@H]2[C@](C)([C@H]2C(=O)[C@H]4C[C@@H]2[C@H](OC(=O)c2ccccc2)C4)C(=O)C[C@@H]13. The molecule has 50 heavy (non-hydrogen) atoms. The third kappa shape index (κ3) is 5.12. The summed E-state index contributed by atoms with van der Waals surface area (Å²) in [4.78, 5) is 108. The Morgan fingerprint density at radius 2 is 1.52 bits per heavy atom. The minimum absolute atomic E-state index is 0.247. The minimum atomic E-state index is -2.04. The van der Waals surface area contributed by atoms with E-state index in [0.717, 1.165) is 27.9 Å². The van der Waals surface area contributed by atoms with Crippen LogP contribution in [0, 0.1) is 45.8 Å². The van der Waals surface area contributed by atoms with Crippen molar-refractivity contribution in [2.45, 2.75) is 71.7 Å². The van der Waals surface area contributed by atoms with Crippen molar-refractivity contribution >= 4 is 47.4 Å². The fourth-order valence-electron chi connectivity index (χ4n) is 10.2. The van der Waals surface area contributed by atoms with Crippen LogP contribution in [-0.4, -0.2) is 86.0 Å². The van der Waals surface area contributed by atoms with Gasteiger partial charge in [-0.3, -0.25) is 33.6 Å². The molecule has 5 fully saturated rings. The number of cyclic esters (lactones) is 1. The number of Topliss-reactive ketones (excluding diaryl/α,β-unsaturated/α-hetero) is 2. The van der Waals surface area contributed by atoms with Gasteiger partial charge in [0.15, 0.2) is 0 Å². The topological polar surface area (TPSA) is 192 Å². The van der Waals surface area contributed by atoms with Gasteiger partial charge < -0.3 is 28.4 Å². The van der Waals surface area contributed by atoms with Crippen LogP contribution in [0.5, 0.6) is 0 Å². The Morgan fingerprint density at radius 3 is 2.12 bits per heavy atom. The van der Waals surface area contributed by atoms with E-state index in [4.69, 9.17) is 28.4 Å². The summed E-state index contributed by atoms with van der Waals surface area (Å²) in [6.07, 6.45) is -3.64. The first-order valence-electron chi connectivity index (χ1n) is 16.7. The quantitative estimate of drug-likeness (QED) is 0.284. The second kappa shape index (κ2) is 12.6. The second-order valence-corrected chi connectivity index (χ2v) is 14.4. The van der Waals surface area contributed by atoms with Gasteiger partial charge in [0, 0.05) is 57.3 Å². The zero-order valence-corrected chi connectivity index (χ0v) is 28.5. The molecule has 1 aliphatic heterocycles. The maximum absolute atomic E-state index is 14.9. The molecule has 4 saturated carbocycles. The van der Waals surface area contributed by atoms with Crippen LogP contribution < -0.4 is 0 Å². The molecule has 268 valence electrons. The molecule has 1 spiro atoms. The summed E-state index contributed by atoms with van der Waals surface area (Å²) >= 11 is 0. The van der Waals surface area contributed by atoms with Gasteiger partial charge in [0.1, 0.15) is 48.5 Å². The van der Waals surface area contributed by atoms with E-state index in [2.05, 4.69) is 0 Å². The van der Waals surface area contributed by atoms with E-state index in [-0.39, 0.29) is 18.6 Å². The number of esters is 6. The number of ether oxygens (including phenoxy) is 6. The van der Waals surface area contributed by atoms with Gasteiger partial charge >= 0.3 is 35.8 Å². The number of hydrogen-bond donors (Lipinski definition) is 0.